The highest BCUT2D eigenvalue weighted by Gasteiger charge is 2.60. The fraction of sp³-hybridized carbons (Fsp3) is 0.667. The number of nitrogens with zero attached hydrogens (tertiary/aromatic N) is 2. The molecule has 0 aromatic carbocycles. The molecule has 2 aliphatic heterocycles. The van der Waals surface area contributed by atoms with Crippen LogP contribution in [0.15, 0.2) is 0 Å². The number of carbonyl (C=O) groups is 4. The maximum atomic E-state index is 12.6. The summed E-state index contributed by atoms with van der Waals surface area (Å²) >= 11 is 0. The van der Waals surface area contributed by atoms with Crippen molar-refractivity contribution < 1.29 is 29.0 Å². The summed E-state index contributed by atoms with van der Waals surface area (Å²) in [5.74, 6) is -1.42. The zero-order chi connectivity index (χ0) is 16.5. The van der Waals surface area contributed by atoms with Gasteiger partial charge in [-0.05, 0) is 25.9 Å². The first kappa shape index (κ1) is 16.2. The van der Waals surface area contributed by atoms with Crippen molar-refractivity contribution in [2.45, 2.75) is 24.4 Å². The Morgan fingerprint density at radius 1 is 1.41 bits per heavy atom. The number of imide groups is 2. The lowest BCUT2D eigenvalue weighted by molar-refractivity contribution is -0.143. The standard InChI is InChI=1S/C12H18N4O6/c1-22-8(17)7(13)6-15-9(18)12(2-4-14-5-3-12)16(10(15)19)11(20)21/h7,14H,2-6,13H2,1H3,(H,20,21)/t7-/m0/s1. The van der Waals surface area contributed by atoms with Gasteiger partial charge in [0.15, 0.2) is 0 Å². The van der Waals surface area contributed by atoms with Gasteiger partial charge in [0.2, 0.25) is 0 Å². The van der Waals surface area contributed by atoms with Gasteiger partial charge < -0.3 is 20.9 Å². The van der Waals surface area contributed by atoms with Crippen LogP contribution in [0.3, 0.4) is 0 Å². The van der Waals surface area contributed by atoms with Crippen molar-refractivity contribution in [1.29, 1.82) is 0 Å². The van der Waals surface area contributed by atoms with Gasteiger partial charge in [0.25, 0.3) is 5.91 Å². The second-order valence-electron chi connectivity index (χ2n) is 5.23. The van der Waals surface area contributed by atoms with E-state index in [1.165, 1.54) is 0 Å². The topological polar surface area (TPSA) is 142 Å². The largest absolute Gasteiger partial charge is 0.468 e. The van der Waals surface area contributed by atoms with Gasteiger partial charge in [-0.2, -0.15) is 0 Å². The lowest BCUT2D eigenvalue weighted by Gasteiger charge is -2.35. The summed E-state index contributed by atoms with van der Waals surface area (Å²) in [4.78, 5) is 49.0. The Bertz CT molecular complexity index is 516. The third kappa shape index (κ3) is 2.40. The number of carboxylic acid groups (broad SMARTS) is 1. The van der Waals surface area contributed by atoms with E-state index in [2.05, 4.69) is 10.1 Å². The molecule has 2 saturated heterocycles. The molecule has 4 amide bonds. The second kappa shape index (κ2) is 5.89. The molecule has 4 N–H and O–H groups in total. The molecule has 1 atom stereocenters. The molecule has 2 fully saturated rings. The van der Waals surface area contributed by atoms with E-state index in [4.69, 9.17) is 5.73 Å². The molecule has 2 heterocycles. The Balaban J connectivity index is 2.30. The van der Waals surface area contributed by atoms with Gasteiger partial charge in [-0.15, -0.1) is 0 Å². The number of esters is 1. The van der Waals surface area contributed by atoms with Crippen LogP contribution < -0.4 is 11.1 Å². The van der Waals surface area contributed by atoms with Crippen molar-refractivity contribution in [3.63, 3.8) is 0 Å². The normalized spacial score (nSPS) is 22.1. The number of hydrogen-bond acceptors (Lipinski definition) is 7. The van der Waals surface area contributed by atoms with E-state index in [-0.39, 0.29) is 12.8 Å². The number of piperidine rings is 1. The maximum Gasteiger partial charge on any atom is 0.416 e. The van der Waals surface area contributed by atoms with Crippen molar-refractivity contribution in [1.82, 2.24) is 15.1 Å². The molecule has 0 saturated carbocycles. The highest BCUT2D eigenvalue weighted by molar-refractivity contribution is 6.13. The summed E-state index contributed by atoms with van der Waals surface area (Å²) in [6.45, 7) is 0.419. The SMILES string of the molecule is COC(=O)[C@@H](N)CN1C(=O)N(C(=O)O)C2(CCNCC2)C1=O. The minimum atomic E-state index is -1.49. The number of carbonyl (C=O) groups excluding carboxylic acids is 3. The van der Waals surface area contributed by atoms with Crippen LogP contribution in [-0.2, 0) is 14.3 Å². The predicted molar refractivity (Wildman–Crippen MR) is 71.8 cm³/mol. The molecule has 0 aromatic heterocycles. The Labute approximate surface area is 126 Å². The van der Waals surface area contributed by atoms with E-state index >= 15 is 0 Å². The molecule has 122 valence electrons. The van der Waals surface area contributed by atoms with E-state index in [1.54, 1.807) is 0 Å². The van der Waals surface area contributed by atoms with Gasteiger partial charge in [-0.1, -0.05) is 0 Å². The number of nitrogens with two attached hydrogens (primary N) is 1. The molecule has 1 spiro atoms. The zero-order valence-corrected chi connectivity index (χ0v) is 12.1. The van der Waals surface area contributed by atoms with Crippen LogP contribution in [0.5, 0.6) is 0 Å². The summed E-state index contributed by atoms with van der Waals surface area (Å²) in [5.41, 5.74) is 4.16. The molecule has 0 unspecified atom stereocenters. The van der Waals surface area contributed by atoms with Crippen molar-refractivity contribution in [2.24, 2.45) is 5.73 Å². The summed E-state index contributed by atoms with van der Waals surface area (Å²) in [7, 11) is 1.13. The highest BCUT2D eigenvalue weighted by atomic mass is 16.5. The molecular formula is C12H18N4O6. The van der Waals surface area contributed by atoms with Gasteiger partial charge in [0.1, 0.15) is 11.6 Å². The fourth-order valence-corrected chi connectivity index (χ4v) is 2.86. The molecule has 10 nitrogen and oxygen atoms in total. The van der Waals surface area contributed by atoms with Gasteiger partial charge in [0, 0.05) is 0 Å². The van der Waals surface area contributed by atoms with Crippen LogP contribution in [0.2, 0.25) is 0 Å². The van der Waals surface area contributed by atoms with Gasteiger partial charge in [-0.3, -0.25) is 14.5 Å². The smallest absolute Gasteiger partial charge is 0.416 e. The number of nitrogens with one attached hydrogen (secondary N) is 1. The molecule has 0 radical (unpaired) electrons. The van der Waals surface area contributed by atoms with Crippen LogP contribution >= 0.6 is 0 Å². The first-order chi connectivity index (χ1) is 10.3. The van der Waals surface area contributed by atoms with E-state index in [9.17, 15) is 24.3 Å². The Kier molecular flexibility index (Phi) is 4.33. The third-order valence-corrected chi connectivity index (χ3v) is 4.00. The Morgan fingerprint density at radius 2 is 2.00 bits per heavy atom. The number of rotatable bonds is 3. The number of ether oxygens (including phenoxy) is 1. The first-order valence-corrected chi connectivity index (χ1v) is 6.78. The van der Waals surface area contributed by atoms with Crippen LogP contribution in [0, 0.1) is 0 Å². The number of methoxy groups -OCH3 is 1. The van der Waals surface area contributed by atoms with Crippen LogP contribution in [-0.4, -0.2) is 77.2 Å². The third-order valence-electron chi connectivity index (χ3n) is 4.00. The zero-order valence-electron chi connectivity index (χ0n) is 12.1. The maximum absolute atomic E-state index is 12.6. The molecule has 0 aliphatic carbocycles. The predicted octanol–water partition coefficient (Wildman–Crippen LogP) is -1.45. The molecule has 10 heteroatoms. The Morgan fingerprint density at radius 3 is 2.50 bits per heavy atom. The summed E-state index contributed by atoms with van der Waals surface area (Å²) in [6.07, 6.45) is -1.11. The van der Waals surface area contributed by atoms with E-state index in [1.807, 2.05) is 0 Å². The number of hydrogen-bond donors (Lipinski definition) is 3. The highest BCUT2D eigenvalue weighted by Crippen LogP contribution is 2.35. The monoisotopic (exact) mass is 314 g/mol. The molecule has 22 heavy (non-hydrogen) atoms. The van der Waals surface area contributed by atoms with Crippen molar-refractivity contribution >= 4 is 24.0 Å². The van der Waals surface area contributed by atoms with Crippen LogP contribution in [0.25, 0.3) is 0 Å². The van der Waals surface area contributed by atoms with Gasteiger partial charge >= 0.3 is 18.1 Å². The van der Waals surface area contributed by atoms with Crippen molar-refractivity contribution in [3.05, 3.63) is 0 Å². The quantitative estimate of drug-likeness (QED) is 0.424. The summed E-state index contributed by atoms with van der Waals surface area (Å²) in [6, 6.07) is -2.19. The van der Waals surface area contributed by atoms with Gasteiger partial charge in [0.05, 0.1) is 13.7 Å². The number of urea groups is 1. The van der Waals surface area contributed by atoms with E-state index in [0.29, 0.717) is 18.0 Å². The average molecular weight is 314 g/mol. The number of amides is 4. The summed E-state index contributed by atoms with van der Waals surface area (Å²) < 4.78 is 4.45. The second-order valence-corrected chi connectivity index (χ2v) is 5.23. The molecule has 0 bridgehead atoms. The van der Waals surface area contributed by atoms with Crippen LogP contribution in [0.4, 0.5) is 9.59 Å². The van der Waals surface area contributed by atoms with Crippen molar-refractivity contribution in [3.8, 4) is 0 Å². The minimum Gasteiger partial charge on any atom is -0.468 e. The first-order valence-electron chi connectivity index (χ1n) is 6.78. The Hall–Kier alpha value is -2.20. The average Bonchev–Trinajstić information content (AvgIpc) is 2.68. The van der Waals surface area contributed by atoms with E-state index in [0.717, 1.165) is 12.0 Å². The lowest BCUT2D eigenvalue weighted by atomic mass is 9.87. The van der Waals surface area contributed by atoms with Crippen molar-refractivity contribution in [2.75, 3.05) is 26.7 Å². The summed E-state index contributed by atoms with van der Waals surface area (Å²) in [5, 5.41) is 12.3. The minimum absolute atomic E-state index is 0.188. The molecule has 0 aromatic rings. The molecule has 2 rings (SSSR count). The van der Waals surface area contributed by atoms with Gasteiger partial charge in [-0.25, -0.2) is 14.5 Å². The molecular weight excluding hydrogens is 296 g/mol. The van der Waals surface area contributed by atoms with E-state index < -0.39 is 42.1 Å². The lowest BCUT2D eigenvalue weighted by Crippen LogP contribution is -2.57. The fourth-order valence-electron chi connectivity index (χ4n) is 2.86. The molecule has 2 aliphatic rings. The van der Waals surface area contributed by atoms with Crippen LogP contribution in [0.1, 0.15) is 12.8 Å².